The number of aromatic nitrogens is 1. The van der Waals surface area contributed by atoms with Crippen LogP contribution in [-0.4, -0.2) is 18.6 Å². The molecule has 1 rings (SSSR count). The van der Waals surface area contributed by atoms with E-state index in [-0.39, 0.29) is 0 Å². The Bertz CT molecular complexity index is 289. The van der Waals surface area contributed by atoms with Crippen LogP contribution in [0.2, 0.25) is 5.02 Å². The summed E-state index contributed by atoms with van der Waals surface area (Å²) in [7, 11) is 1.95. The zero-order valence-electron chi connectivity index (χ0n) is 7.72. The van der Waals surface area contributed by atoms with E-state index >= 15 is 0 Å². The first-order chi connectivity index (χ1) is 6.19. The summed E-state index contributed by atoms with van der Waals surface area (Å²) < 4.78 is 0. The number of hydrogen-bond donors (Lipinski definition) is 0. The fourth-order valence-electron chi connectivity index (χ4n) is 0.974. The van der Waals surface area contributed by atoms with Gasteiger partial charge in [0.2, 0.25) is 0 Å². The Morgan fingerprint density at radius 3 is 2.69 bits per heavy atom. The number of anilines is 1. The molecule has 0 fully saturated rings. The maximum Gasteiger partial charge on any atom is 0.147 e. The van der Waals surface area contributed by atoms with Crippen LogP contribution in [0.3, 0.4) is 0 Å². The number of halogens is 2. The third-order valence-electron chi connectivity index (χ3n) is 1.87. The summed E-state index contributed by atoms with van der Waals surface area (Å²) in [6, 6.07) is 1.85. The molecule has 0 N–H and O–H groups in total. The van der Waals surface area contributed by atoms with E-state index in [0.717, 1.165) is 17.9 Å². The van der Waals surface area contributed by atoms with Crippen LogP contribution in [0.1, 0.15) is 12.5 Å². The highest BCUT2D eigenvalue weighted by Crippen LogP contribution is 2.23. The number of rotatable bonds is 3. The van der Waals surface area contributed by atoms with Crippen molar-refractivity contribution < 1.29 is 0 Å². The van der Waals surface area contributed by atoms with Crippen molar-refractivity contribution in [2.24, 2.45) is 0 Å². The molecule has 0 amide bonds. The molecule has 4 heteroatoms. The van der Waals surface area contributed by atoms with Gasteiger partial charge in [-0.3, -0.25) is 0 Å². The van der Waals surface area contributed by atoms with Crippen molar-refractivity contribution in [3.63, 3.8) is 0 Å². The summed E-state index contributed by atoms with van der Waals surface area (Å²) in [6.07, 6.45) is 1.75. The highest BCUT2D eigenvalue weighted by atomic mass is 35.5. The predicted molar refractivity (Wildman–Crippen MR) is 57.7 cm³/mol. The molecule has 0 atom stereocenters. The van der Waals surface area contributed by atoms with Gasteiger partial charge in [-0.05, 0) is 18.6 Å². The van der Waals surface area contributed by atoms with E-state index in [0.29, 0.717) is 10.9 Å². The molecule has 0 saturated carbocycles. The van der Waals surface area contributed by atoms with Crippen molar-refractivity contribution in [1.82, 2.24) is 4.98 Å². The molecule has 2 nitrogen and oxygen atoms in total. The van der Waals surface area contributed by atoms with Crippen LogP contribution >= 0.6 is 23.2 Å². The highest BCUT2D eigenvalue weighted by Gasteiger charge is 2.06. The second-order valence-electron chi connectivity index (χ2n) is 2.80. The lowest BCUT2D eigenvalue weighted by molar-refractivity contribution is 0.936. The second kappa shape index (κ2) is 4.68. The fraction of sp³-hybridized carbons (Fsp3) is 0.444. The van der Waals surface area contributed by atoms with Gasteiger partial charge in [0.15, 0.2) is 0 Å². The van der Waals surface area contributed by atoms with E-state index in [2.05, 4.69) is 4.98 Å². The van der Waals surface area contributed by atoms with Crippen LogP contribution in [0.15, 0.2) is 12.3 Å². The van der Waals surface area contributed by atoms with Gasteiger partial charge in [-0.1, -0.05) is 11.6 Å². The predicted octanol–water partition coefficient (Wildman–Crippen LogP) is 2.93. The molecule has 0 aromatic carbocycles. The largest absolute Gasteiger partial charge is 0.359 e. The smallest absolute Gasteiger partial charge is 0.147 e. The molecule has 72 valence electrons. The minimum atomic E-state index is 0.447. The number of hydrogen-bond acceptors (Lipinski definition) is 2. The minimum absolute atomic E-state index is 0.447. The first-order valence-corrected chi connectivity index (χ1v) is 5.01. The SMILES string of the molecule is CCN(C)c1ncc(CCl)cc1Cl. The average molecular weight is 219 g/mol. The molecule has 13 heavy (non-hydrogen) atoms. The Labute approximate surface area is 88.5 Å². The van der Waals surface area contributed by atoms with E-state index in [1.165, 1.54) is 0 Å². The highest BCUT2D eigenvalue weighted by molar-refractivity contribution is 6.33. The quantitative estimate of drug-likeness (QED) is 0.726. The lowest BCUT2D eigenvalue weighted by Gasteiger charge is -2.16. The van der Waals surface area contributed by atoms with Crippen LogP contribution in [0.5, 0.6) is 0 Å². The Morgan fingerprint density at radius 1 is 1.54 bits per heavy atom. The summed E-state index contributed by atoms with van der Waals surface area (Å²) in [5.41, 5.74) is 0.944. The molecule has 0 radical (unpaired) electrons. The van der Waals surface area contributed by atoms with Gasteiger partial charge in [-0.25, -0.2) is 4.98 Å². The molecule has 0 bridgehead atoms. The van der Waals surface area contributed by atoms with Crippen molar-refractivity contribution >= 4 is 29.0 Å². The number of pyridine rings is 1. The average Bonchev–Trinajstić information content (AvgIpc) is 2.16. The van der Waals surface area contributed by atoms with Crippen LogP contribution in [0.25, 0.3) is 0 Å². The molecule has 0 aliphatic rings. The number of nitrogens with zero attached hydrogens (tertiary/aromatic N) is 2. The Kier molecular flexibility index (Phi) is 3.82. The first kappa shape index (κ1) is 10.6. The van der Waals surface area contributed by atoms with Crippen LogP contribution in [-0.2, 0) is 5.88 Å². The van der Waals surface area contributed by atoms with Gasteiger partial charge in [-0.15, -0.1) is 11.6 Å². The summed E-state index contributed by atoms with van der Waals surface area (Å²) in [5, 5.41) is 0.655. The molecule has 0 aliphatic heterocycles. The fourth-order valence-corrected chi connectivity index (χ4v) is 1.45. The summed E-state index contributed by atoms with van der Waals surface area (Å²) in [6.45, 7) is 2.93. The van der Waals surface area contributed by atoms with Crippen molar-refractivity contribution in [2.75, 3.05) is 18.5 Å². The van der Waals surface area contributed by atoms with E-state index in [1.807, 2.05) is 24.9 Å². The standard InChI is InChI=1S/C9H12Cl2N2/c1-3-13(2)9-8(11)4-7(5-10)6-12-9/h4,6H,3,5H2,1-2H3. The Balaban J connectivity index is 2.98. The van der Waals surface area contributed by atoms with E-state index in [9.17, 15) is 0 Å². The number of alkyl halides is 1. The maximum atomic E-state index is 6.02. The summed E-state index contributed by atoms with van der Waals surface area (Å²) in [5.74, 6) is 1.25. The van der Waals surface area contributed by atoms with Gasteiger partial charge >= 0.3 is 0 Å². The summed E-state index contributed by atoms with van der Waals surface area (Å²) in [4.78, 5) is 6.22. The minimum Gasteiger partial charge on any atom is -0.359 e. The molecule has 0 spiro atoms. The van der Waals surface area contributed by atoms with Crippen molar-refractivity contribution in [3.05, 3.63) is 22.8 Å². The third-order valence-corrected chi connectivity index (χ3v) is 2.46. The van der Waals surface area contributed by atoms with E-state index < -0.39 is 0 Å². The zero-order valence-corrected chi connectivity index (χ0v) is 9.23. The second-order valence-corrected chi connectivity index (χ2v) is 3.47. The molecule has 1 aromatic rings. The van der Waals surface area contributed by atoms with Crippen molar-refractivity contribution in [1.29, 1.82) is 0 Å². The van der Waals surface area contributed by atoms with Crippen molar-refractivity contribution in [2.45, 2.75) is 12.8 Å². The van der Waals surface area contributed by atoms with Gasteiger partial charge < -0.3 is 4.90 Å². The Morgan fingerprint density at radius 2 is 2.23 bits per heavy atom. The summed E-state index contributed by atoms with van der Waals surface area (Å²) >= 11 is 11.7. The molecule has 1 heterocycles. The van der Waals surface area contributed by atoms with Crippen LogP contribution in [0.4, 0.5) is 5.82 Å². The topological polar surface area (TPSA) is 16.1 Å². The van der Waals surface area contributed by atoms with E-state index in [1.54, 1.807) is 6.20 Å². The first-order valence-electron chi connectivity index (χ1n) is 4.10. The van der Waals surface area contributed by atoms with Gasteiger partial charge in [0.1, 0.15) is 5.82 Å². The van der Waals surface area contributed by atoms with E-state index in [4.69, 9.17) is 23.2 Å². The third kappa shape index (κ3) is 2.48. The monoisotopic (exact) mass is 218 g/mol. The molecular formula is C9H12Cl2N2. The molecule has 0 unspecified atom stereocenters. The van der Waals surface area contributed by atoms with Gasteiger partial charge in [-0.2, -0.15) is 0 Å². The molecule has 0 saturated heterocycles. The van der Waals surface area contributed by atoms with Crippen LogP contribution in [0, 0.1) is 0 Å². The maximum absolute atomic E-state index is 6.02. The van der Waals surface area contributed by atoms with Crippen molar-refractivity contribution in [3.8, 4) is 0 Å². The van der Waals surface area contributed by atoms with Crippen LogP contribution < -0.4 is 4.90 Å². The van der Waals surface area contributed by atoms with Gasteiger partial charge in [0, 0.05) is 25.7 Å². The normalized spacial score (nSPS) is 10.2. The Hall–Kier alpha value is -0.470. The van der Waals surface area contributed by atoms with Gasteiger partial charge in [0.25, 0.3) is 0 Å². The lowest BCUT2D eigenvalue weighted by Crippen LogP contribution is -2.17. The molecule has 1 aromatic heterocycles. The lowest BCUT2D eigenvalue weighted by atomic mass is 10.3. The van der Waals surface area contributed by atoms with Gasteiger partial charge in [0.05, 0.1) is 5.02 Å². The molecular weight excluding hydrogens is 207 g/mol. The zero-order chi connectivity index (χ0) is 9.84. The molecule has 0 aliphatic carbocycles.